The molecule has 3 aromatic rings. The molecule has 0 bridgehead atoms. The summed E-state index contributed by atoms with van der Waals surface area (Å²) < 4.78 is 9.89. The van der Waals surface area contributed by atoms with Crippen LogP contribution in [0.15, 0.2) is 24.8 Å². The van der Waals surface area contributed by atoms with Crippen LogP contribution in [0, 0.1) is 5.92 Å². The third-order valence-electron chi connectivity index (χ3n) is 7.81. The predicted molar refractivity (Wildman–Crippen MR) is 158 cm³/mol. The lowest BCUT2D eigenvalue weighted by Crippen LogP contribution is -2.30. The second kappa shape index (κ2) is 11.6. The highest BCUT2D eigenvalue weighted by Gasteiger charge is 2.37. The maximum absolute atomic E-state index is 12.8. The van der Waals surface area contributed by atoms with Gasteiger partial charge in [0, 0.05) is 51.1 Å². The average Bonchev–Trinajstić information content (AvgIpc) is 3.67. The number of rotatable bonds is 11. The maximum Gasteiger partial charge on any atom is 0.235 e. The van der Waals surface area contributed by atoms with Crippen LogP contribution in [0.3, 0.4) is 0 Å². The average molecular weight is 570 g/mol. The molecule has 39 heavy (non-hydrogen) atoms. The van der Waals surface area contributed by atoms with Gasteiger partial charge in [-0.05, 0) is 37.3 Å². The number of fused-ring (bicyclic) bond motifs is 1. The molecule has 10 nitrogen and oxygen atoms in total. The van der Waals surface area contributed by atoms with Crippen molar-refractivity contribution in [1.29, 1.82) is 0 Å². The molecule has 210 valence electrons. The second-order valence-electron chi connectivity index (χ2n) is 12.1. The Kier molecular flexibility index (Phi) is 8.33. The van der Waals surface area contributed by atoms with Crippen molar-refractivity contribution in [2.24, 2.45) is 11.7 Å². The summed E-state index contributed by atoms with van der Waals surface area (Å²) in [5.41, 5.74) is 8.29. The van der Waals surface area contributed by atoms with Crippen LogP contribution in [0.4, 0.5) is 5.82 Å². The van der Waals surface area contributed by atoms with Crippen molar-refractivity contribution < 1.29 is 14.3 Å². The smallest absolute Gasteiger partial charge is 0.235 e. The van der Waals surface area contributed by atoms with E-state index < -0.39 is 8.07 Å². The summed E-state index contributed by atoms with van der Waals surface area (Å²) in [4.78, 5) is 36.1. The first-order chi connectivity index (χ1) is 18.6. The quantitative estimate of drug-likeness (QED) is 0.156. The van der Waals surface area contributed by atoms with E-state index in [0.717, 1.165) is 36.3 Å². The number of hydrogen-bond acceptors (Lipinski definition) is 7. The molecule has 0 aromatic carbocycles. The van der Waals surface area contributed by atoms with Crippen molar-refractivity contribution in [3.05, 3.63) is 24.8 Å². The minimum Gasteiger partial charge on any atom is -0.361 e. The lowest BCUT2D eigenvalue weighted by Gasteiger charge is -2.25. The number of amides is 2. The Morgan fingerprint density at radius 2 is 1.87 bits per heavy atom. The first kappa shape index (κ1) is 28.1. The van der Waals surface area contributed by atoms with Gasteiger partial charge in [-0.25, -0.2) is 14.9 Å². The minimum absolute atomic E-state index is 0.0713. The molecular formula is C27H40N7O3PSi. The molecule has 1 aliphatic heterocycles. The molecule has 2 aliphatic rings. The predicted octanol–water partition coefficient (Wildman–Crippen LogP) is 4.54. The fourth-order valence-corrected chi connectivity index (χ4v) is 6.73. The van der Waals surface area contributed by atoms with Crippen molar-refractivity contribution >= 4 is 46.0 Å². The highest BCUT2D eigenvalue weighted by atomic mass is 31.0. The van der Waals surface area contributed by atoms with Gasteiger partial charge in [-0.3, -0.25) is 14.3 Å². The molecule has 0 radical (unpaired) electrons. The van der Waals surface area contributed by atoms with E-state index in [1.807, 2.05) is 27.7 Å². The molecular weight excluding hydrogens is 529 g/mol. The van der Waals surface area contributed by atoms with Crippen molar-refractivity contribution in [2.45, 2.75) is 89.2 Å². The largest absolute Gasteiger partial charge is 0.361 e. The molecule has 2 unspecified atom stereocenters. The Labute approximate surface area is 232 Å². The summed E-state index contributed by atoms with van der Waals surface area (Å²) in [5.74, 6) is 0.252. The zero-order valence-electron chi connectivity index (χ0n) is 23.2. The van der Waals surface area contributed by atoms with Crippen molar-refractivity contribution in [3.63, 3.8) is 0 Å². The van der Waals surface area contributed by atoms with Gasteiger partial charge in [0.05, 0.1) is 17.3 Å². The van der Waals surface area contributed by atoms with E-state index in [1.165, 1.54) is 24.1 Å². The zero-order chi connectivity index (χ0) is 27.7. The van der Waals surface area contributed by atoms with Crippen LogP contribution in [0.2, 0.25) is 25.7 Å². The summed E-state index contributed by atoms with van der Waals surface area (Å²) in [5, 5.41) is 5.74. The van der Waals surface area contributed by atoms with E-state index in [-0.39, 0.29) is 36.5 Å². The third-order valence-corrected chi connectivity index (χ3v) is 9.79. The summed E-state index contributed by atoms with van der Waals surface area (Å²) in [6.45, 7) is 8.11. The van der Waals surface area contributed by atoms with Crippen molar-refractivity contribution in [1.82, 2.24) is 24.3 Å². The second-order valence-corrected chi connectivity index (χ2v) is 18.6. The van der Waals surface area contributed by atoms with Crippen LogP contribution in [0.25, 0.3) is 22.3 Å². The van der Waals surface area contributed by atoms with Crippen LogP contribution in [-0.4, -0.2) is 56.6 Å². The Morgan fingerprint density at radius 3 is 2.54 bits per heavy atom. The SMILES string of the molecule is C[Si](C)(C)CCOCn1ccc2c(-c3cn([C@H](CC(N)P)C4CCCC4)nc3N3C(=O)CCC3=O)ncnc21. The molecule has 3 aromatic heterocycles. The van der Waals surface area contributed by atoms with Gasteiger partial charge in [0.15, 0.2) is 5.82 Å². The van der Waals surface area contributed by atoms with Gasteiger partial charge in [0.2, 0.25) is 11.8 Å². The van der Waals surface area contributed by atoms with Gasteiger partial charge >= 0.3 is 0 Å². The van der Waals surface area contributed by atoms with E-state index in [2.05, 4.69) is 38.8 Å². The molecule has 12 heteroatoms. The van der Waals surface area contributed by atoms with Gasteiger partial charge in [-0.1, -0.05) is 32.5 Å². The van der Waals surface area contributed by atoms with Gasteiger partial charge in [0.25, 0.3) is 0 Å². The Balaban J connectivity index is 1.54. The first-order valence-corrected chi connectivity index (χ1v) is 18.3. The molecule has 2 amide bonds. The number of nitrogens with zero attached hydrogens (tertiary/aromatic N) is 6. The molecule has 2 N–H and O–H groups in total. The summed E-state index contributed by atoms with van der Waals surface area (Å²) in [6.07, 6.45) is 11.2. The monoisotopic (exact) mass is 569 g/mol. The van der Waals surface area contributed by atoms with Gasteiger partial charge in [0.1, 0.15) is 18.7 Å². The number of nitrogens with two attached hydrogens (primary N) is 1. The van der Waals surface area contributed by atoms with E-state index in [1.54, 1.807) is 0 Å². The molecule has 0 spiro atoms. The summed E-state index contributed by atoms with van der Waals surface area (Å²) in [7, 11) is 1.51. The molecule has 1 saturated heterocycles. The molecule has 2 fully saturated rings. The highest BCUT2D eigenvalue weighted by molar-refractivity contribution is 7.17. The fraction of sp³-hybridized carbons (Fsp3) is 0.593. The van der Waals surface area contributed by atoms with E-state index in [0.29, 0.717) is 36.3 Å². The number of anilines is 1. The van der Waals surface area contributed by atoms with Crippen LogP contribution >= 0.6 is 9.24 Å². The van der Waals surface area contributed by atoms with Gasteiger partial charge in [-0.15, -0.1) is 9.24 Å². The van der Waals surface area contributed by atoms with E-state index in [4.69, 9.17) is 15.6 Å². The van der Waals surface area contributed by atoms with E-state index in [9.17, 15) is 9.59 Å². The Morgan fingerprint density at radius 1 is 1.15 bits per heavy atom. The zero-order valence-corrected chi connectivity index (χ0v) is 25.3. The summed E-state index contributed by atoms with van der Waals surface area (Å²) in [6, 6.07) is 3.13. The molecule has 4 heterocycles. The highest BCUT2D eigenvalue weighted by Crippen LogP contribution is 2.41. The number of imide groups is 1. The van der Waals surface area contributed by atoms with Crippen molar-refractivity contribution in [3.8, 4) is 11.3 Å². The fourth-order valence-electron chi connectivity index (χ4n) is 5.70. The van der Waals surface area contributed by atoms with Gasteiger partial charge in [-0.2, -0.15) is 5.10 Å². The number of ether oxygens (including phenoxy) is 1. The number of carbonyl (C=O) groups is 2. The minimum atomic E-state index is -1.18. The topological polar surface area (TPSA) is 121 Å². The number of aromatic nitrogens is 5. The van der Waals surface area contributed by atoms with Crippen LogP contribution in [0.1, 0.15) is 51.0 Å². The van der Waals surface area contributed by atoms with Gasteiger partial charge < -0.3 is 15.0 Å². The Hall–Kier alpha value is -2.46. The maximum atomic E-state index is 12.8. The molecule has 5 rings (SSSR count). The molecule has 1 saturated carbocycles. The lowest BCUT2D eigenvalue weighted by atomic mass is 9.95. The first-order valence-electron chi connectivity index (χ1n) is 14.0. The molecule has 3 atom stereocenters. The standard InChI is InChI=1S/C27H40N7O3PSi/c1-39(2,3)13-12-37-17-32-11-10-19-25(29-16-30-26(19)32)20-15-33(21(14-22(28)38)18-6-4-5-7-18)31-27(20)34-23(35)8-9-24(34)36/h10-11,15-16,18,21-22H,4-9,12-14,17,28,38H2,1-3H3/t21-,22?/m1/s1. The molecule has 1 aliphatic carbocycles. The van der Waals surface area contributed by atoms with Crippen LogP contribution < -0.4 is 10.6 Å². The number of carbonyl (C=O) groups excluding carboxylic acids is 2. The summed E-state index contributed by atoms with van der Waals surface area (Å²) >= 11 is 0. The third kappa shape index (κ3) is 6.16. The lowest BCUT2D eigenvalue weighted by molar-refractivity contribution is -0.121. The number of hydrogen-bond donors (Lipinski definition) is 1. The van der Waals surface area contributed by atoms with Crippen LogP contribution in [-0.2, 0) is 21.1 Å². The van der Waals surface area contributed by atoms with Crippen LogP contribution in [0.5, 0.6) is 0 Å². The Bertz CT molecular complexity index is 1330. The van der Waals surface area contributed by atoms with E-state index >= 15 is 0 Å². The van der Waals surface area contributed by atoms with Crippen molar-refractivity contribution in [2.75, 3.05) is 11.5 Å². The normalized spacial score (nSPS) is 18.5.